The number of nitrogens with one attached hydrogen (secondary N) is 1. The highest BCUT2D eigenvalue weighted by atomic mass is 19.1. The highest BCUT2D eigenvalue weighted by molar-refractivity contribution is 5.28. The summed E-state index contributed by atoms with van der Waals surface area (Å²) in [5.41, 5.74) is 0.828. The number of aromatic hydroxyl groups is 1. The van der Waals surface area contributed by atoms with Crippen LogP contribution in [0, 0.1) is 17.7 Å². The molecule has 0 radical (unpaired) electrons. The van der Waals surface area contributed by atoms with Gasteiger partial charge in [-0.1, -0.05) is 0 Å². The molecule has 2 fully saturated rings. The van der Waals surface area contributed by atoms with Gasteiger partial charge in [0.25, 0.3) is 0 Å². The molecule has 0 heterocycles. The lowest BCUT2D eigenvalue weighted by molar-refractivity contribution is 0.414. The van der Waals surface area contributed by atoms with Gasteiger partial charge < -0.3 is 10.4 Å². The SMILES string of the molecule is Oc1cc(F)cc(CNC(C2CC2)C2CC2)c1. The fraction of sp³-hybridized carbons (Fsp3) is 0.571. The molecule has 0 aromatic heterocycles. The van der Waals surface area contributed by atoms with Crippen LogP contribution >= 0.6 is 0 Å². The van der Waals surface area contributed by atoms with Crippen molar-refractivity contribution < 1.29 is 9.50 Å². The van der Waals surface area contributed by atoms with Gasteiger partial charge in [0, 0.05) is 18.7 Å². The van der Waals surface area contributed by atoms with Crippen molar-refractivity contribution in [3.05, 3.63) is 29.6 Å². The molecule has 0 spiro atoms. The third-order valence-corrected chi connectivity index (χ3v) is 3.74. The quantitative estimate of drug-likeness (QED) is 0.822. The molecule has 2 aliphatic rings. The van der Waals surface area contributed by atoms with Crippen molar-refractivity contribution in [2.75, 3.05) is 0 Å². The third kappa shape index (κ3) is 2.78. The van der Waals surface area contributed by atoms with Crippen LogP contribution in [-0.4, -0.2) is 11.1 Å². The van der Waals surface area contributed by atoms with Crippen LogP contribution in [0.3, 0.4) is 0 Å². The molecule has 3 rings (SSSR count). The van der Waals surface area contributed by atoms with Crippen LogP contribution < -0.4 is 5.32 Å². The Morgan fingerprint density at radius 1 is 1.18 bits per heavy atom. The largest absolute Gasteiger partial charge is 0.508 e. The Kier molecular flexibility index (Phi) is 2.79. The second kappa shape index (κ2) is 4.30. The van der Waals surface area contributed by atoms with Crippen molar-refractivity contribution in [2.24, 2.45) is 11.8 Å². The van der Waals surface area contributed by atoms with Crippen molar-refractivity contribution in [1.82, 2.24) is 5.32 Å². The van der Waals surface area contributed by atoms with E-state index in [0.717, 1.165) is 23.5 Å². The molecule has 0 bridgehead atoms. The number of phenolic OH excluding ortho intramolecular Hbond substituents is 1. The molecule has 1 aromatic rings. The Morgan fingerprint density at radius 2 is 1.82 bits per heavy atom. The van der Waals surface area contributed by atoms with Gasteiger partial charge in [-0.05, 0) is 55.2 Å². The molecule has 0 aliphatic heterocycles. The molecular formula is C14H18FNO. The average molecular weight is 235 g/mol. The van der Waals surface area contributed by atoms with Gasteiger partial charge in [0.1, 0.15) is 11.6 Å². The van der Waals surface area contributed by atoms with Gasteiger partial charge in [-0.15, -0.1) is 0 Å². The van der Waals surface area contributed by atoms with Gasteiger partial charge in [0.15, 0.2) is 0 Å². The zero-order valence-electron chi connectivity index (χ0n) is 9.82. The summed E-state index contributed by atoms with van der Waals surface area (Å²) < 4.78 is 13.1. The molecule has 0 amide bonds. The summed E-state index contributed by atoms with van der Waals surface area (Å²) in [6.45, 7) is 0.656. The van der Waals surface area contributed by atoms with E-state index in [1.54, 1.807) is 6.07 Å². The third-order valence-electron chi connectivity index (χ3n) is 3.74. The molecule has 2 saturated carbocycles. The van der Waals surface area contributed by atoms with E-state index in [2.05, 4.69) is 5.32 Å². The number of rotatable bonds is 5. The van der Waals surface area contributed by atoms with E-state index in [4.69, 9.17) is 0 Å². The van der Waals surface area contributed by atoms with Gasteiger partial charge in [0.05, 0.1) is 0 Å². The molecule has 2 nitrogen and oxygen atoms in total. The molecule has 1 aromatic carbocycles. The van der Waals surface area contributed by atoms with Crippen LogP contribution in [0.1, 0.15) is 31.2 Å². The predicted octanol–water partition coefficient (Wildman–Crippen LogP) is 2.81. The van der Waals surface area contributed by atoms with Crippen molar-refractivity contribution >= 4 is 0 Å². The Bertz CT molecular complexity index is 380. The molecule has 17 heavy (non-hydrogen) atoms. The first-order valence-electron chi connectivity index (χ1n) is 6.44. The van der Waals surface area contributed by atoms with Crippen LogP contribution in [-0.2, 0) is 6.54 Å². The lowest BCUT2D eigenvalue weighted by Gasteiger charge is -2.17. The summed E-state index contributed by atoms with van der Waals surface area (Å²) in [5, 5.41) is 12.9. The zero-order chi connectivity index (χ0) is 11.8. The molecule has 3 heteroatoms. The van der Waals surface area contributed by atoms with Gasteiger partial charge >= 0.3 is 0 Å². The summed E-state index contributed by atoms with van der Waals surface area (Å²) in [4.78, 5) is 0. The minimum absolute atomic E-state index is 0.0104. The van der Waals surface area contributed by atoms with E-state index in [1.807, 2.05) is 0 Å². The van der Waals surface area contributed by atoms with Gasteiger partial charge in [-0.25, -0.2) is 4.39 Å². The van der Waals surface area contributed by atoms with Crippen LogP contribution in [0.4, 0.5) is 4.39 Å². The lowest BCUT2D eigenvalue weighted by atomic mass is 10.1. The fourth-order valence-electron chi connectivity index (χ4n) is 2.60. The van der Waals surface area contributed by atoms with Crippen molar-refractivity contribution in [3.63, 3.8) is 0 Å². The number of phenols is 1. The molecular weight excluding hydrogens is 217 g/mol. The number of hydrogen-bond acceptors (Lipinski definition) is 2. The summed E-state index contributed by atoms with van der Waals surface area (Å²) >= 11 is 0. The Balaban J connectivity index is 1.61. The number of benzene rings is 1. The first-order chi connectivity index (χ1) is 8.22. The van der Waals surface area contributed by atoms with Gasteiger partial charge in [-0.3, -0.25) is 0 Å². The first kappa shape index (κ1) is 11.0. The number of halogens is 1. The summed E-state index contributed by atoms with van der Waals surface area (Å²) in [7, 11) is 0. The highest BCUT2D eigenvalue weighted by Gasteiger charge is 2.40. The van der Waals surface area contributed by atoms with E-state index < -0.39 is 0 Å². The van der Waals surface area contributed by atoms with Gasteiger partial charge in [-0.2, -0.15) is 0 Å². The Morgan fingerprint density at radius 3 is 2.35 bits per heavy atom. The Hall–Kier alpha value is -1.09. The monoisotopic (exact) mass is 235 g/mol. The fourth-order valence-corrected chi connectivity index (χ4v) is 2.60. The molecule has 2 N–H and O–H groups in total. The minimum atomic E-state index is -0.365. The minimum Gasteiger partial charge on any atom is -0.508 e. The van der Waals surface area contributed by atoms with Crippen molar-refractivity contribution in [1.29, 1.82) is 0 Å². The van der Waals surface area contributed by atoms with Crippen LogP contribution in [0.25, 0.3) is 0 Å². The van der Waals surface area contributed by atoms with E-state index in [9.17, 15) is 9.50 Å². The van der Waals surface area contributed by atoms with E-state index in [0.29, 0.717) is 12.6 Å². The summed E-state index contributed by atoms with van der Waals surface area (Å²) in [6.07, 6.45) is 5.34. The maximum absolute atomic E-state index is 13.1. The predicted molar refractivity (Wildman–Crippen MR) is 64.1 cm³/mol. The molecule has 2 aliphatic carbocycles. The second-order valence-corrected chi connectivity index (χ2v) is 5.40. The van der Waals surface area contributed by atoms with E-state index in [-0.39, 0.29) is 11.6 Å². The highest BCUT2D eigenvalue weighted by Crippen LogP contribution is 2.44. The van der Waals surface area contributed by atoms with Crippen LogP contribution in [0.5, 0.6) is 5.75 Å². The van der Waals surface area contributed by atoms with E-state index in [1.165, 1.54) is 31.7 Å². The van der Waals surface area contributed by atoms with Crippen LogP contribution in [0.15, 0.2) is 18.2 Å². The second-order valence-electron chi connectivity index (χ2n) is 5.40. The van der Waals surface area contributed by atoms with Crippen LogP contribution in [0.2, 0.25) is 0 Å². The molecule has 92 valence electrons. The lowest BCUT2D eigenvalue weighted by Crippen LogP contribution is -2.32. The first-order valence-corrected chi connectivity index (χ1v) is 6.44. The topological polar surface area (TPSA) is 32.3 Å². The van der Waals surface area contributed by atoms with E-state index >= 15 is 0 Å². The normalized spacial score (nSPS) is 19.9. The number of hydrogen-bond donors (Lipinski definition) is 2. The summed E-state index contributed by atoms with van der Waals surface area (Å²) in [6, 6.07) is 4.87. The maximum Gasteiger partial charge on any atom is 0.127 e. The smallest absolute Gasteiger partial charge is 0.127 e. The van der Waals surface area contributed by atoms with Gasteiger partial charge in [0.2, 0.25) is 0 Å². The molecule has 0 unspecified atom stereocenters. The van der Waals surface area contributed by atoms with Crippen molar-refractivity contribution in [2.45, 2.75) is 38.3 Å². The average Bonchev–Trinajstić information content (AvgIpc) is 3.12. The maximum atomic E-state index is 13.1. The Labute approximate surface area is 101 Å². The standard InChI is InChI=1S/C14H18FNO/c15-12-5-9(6-13(17)7-12)8-16-14(10-1-2-10)11-3-4-11/h5-7,10-11,14,16-17H,1-4,8H2. The molecule has 0 atom stereocenters. The zero-order valence-corrected chi connectivity index (χ0v) is 9.82. The van der Waals surface area contributed by atoms with Crippen molar-refractivity contribution in [3.8, 4) is 5.75 Å². The molecule has 0 saturated heterocycles. The summed E-state index contributed by atoms with van der Waals surface area (Å²) in [5.74, 6) is 1.32.